The van der Waals surface area contributed by atoms with E-state index >= 15 is 0 Å². The topological polar surface area (TPSA) is 56.6 Å². The fourth-order valence-electron chi connectivity index (χ4n) is 4.22. The van der Waals surface area contributed by atoms with Crippen LogP contribution in [0.4, 0.5) is 4.39 Å². The number of aryl methyl sites for hydroxylation is 1. The Morgan fingerprint density at radius 1 is 1.18 bits per heavy atom. The number of methoxy groups -OCH3 is 2. The molecule has 0 bridgehead atoms. The number of halogens is 1. The van der Waals surface area contributed by atoms with Crippen molar-refractivity contribution in [2.24, 2.45) is 0 Å². The molecule has 7 heteroatoms. The molecule has 1 aromatic heterocycles. The van der Waals surface area contributed by atoms with Crippen LogP contribution in [-0.4, -0.2) is 47.7 Å². The van der Waals surface area contributed by atoms with E-state index < -0.39 is 0 Å². The maximum Gasteiger partial charge on any atom is 0.250 e. The zero-order chi connectivity index (χ0) is 23.4. The van der Waals surface area contributed by atoms with Gasteiger partial charge in [0.1, 0.15) is 11.6 Å². The van der Waals surface area contributed by atoms with Crippen molar-refractivity contribution in [3.63, 3.8) is 0 Å². The highest BCUT2D eigenvalue weighted by atomic mass is 19.1. The predicted molar refractivity (Wildman–Crippen MR) is 125 cm³/mol. The number of carbonyl (C=O) groups excluding carboxylic acids is 1. The Labute approximate surface area is 193 Å². The van der Waals surface area contributed by atoms with E-state index in [9.17, 15) is 9.18 Å². The summed E-state index contributed by atoms with van der Waals surface area (Å²) in [6.45, 7) is 2.91. The predicted octanol–water partition coefficient (Wildman–Crippen LogP) is 4.72. The molecule has 1 atom stereocenters. The molecule has 33 heavy (non-hydrogen) atoms. The average molecular weight is 450 g/mol. The second kappa shape index (κ2) is 10.0. The molecule has 3 aromatic rings. The lowest BCUT2D eigenvalue weighted by Gasteiger charge is -2.35. The maximum absolute atomic E-state index is 13.4. The van der Waals surface area contributed by atoms with Gasteiger partial charge in [-0.25, -0.2) is 9.37 Å². The number of carbonyl (C=O) groups is 1. The number of hydrogen-bond donors (Lipinski definition) is 0. The van der Waals surface area contributed by atoms with Gasteiger partial charge >= 0.3 is 0 Å². The molecule has 2 heterocycles. The molecule has 2 aromatic carbocycles. The molecule has 1 fully saturated rings. The van der Waals surface area contributed by atoms with Crippen LogP contribution < -0.4 is 4.74 Å². The first kappa shape index (κ1) is 22.7. The largest absolute Gasteiger partial charge is 0.495 e. The molecule has 0 aliphatic carbocycles. The quantitative estimate of drug-likeness (QED) is 0.490. The lowest BCUT2D eigenvalue weighted by Crippen LogP contribution is -2.41. The Bertz CT molecular complexity index is 1150. The third kappa shape index (κ3) is 4.98. The Balaban J connectivity index is 1.61. The summed E-state index contributed by atoms with van der Waals surface area (Å²) in [7, 11) is 3.24. The SMILES string of the molecule is COC[C@@H](c1ccc(F)cc1)N1CCCC(=Cc2ccc(-n3cnc(C)c3)c(OC)c2)C1=O. The van der Waals surface area contributed by atoms with Crippen LogP contribution in [0.15, 0.2) is 60.6 Å². The van der Waals surface area contributed by atoms with Crippen molar-refractivity contribution in [2.45, 2.75) is 25.8 Å². The minimum atomic E-state index is -0.302. The van der Waals surface area contributed by atoms with E-state index in [0.717, 1.165) is 34.5 Å². The summed E-state index contributed by atoms with van der Waals surface area (Å²) < 4.78 is 26.3. The molecule has 1 amide bonds. The van der Waals surface area contributed by atoms with Gasteiger partial charge in [-0.15, -0.1) is 0 Å². The van der Waals surface area contributed by atoms with Crippen LogP contribution in [0, 0.1) is 12.7 Å². The van der Waals surface area contributed by atoms with Gasteiger partial charge in [0.2, 0.25) is 5.91 Å². The number of imidazole rings is 1. The van der Waals surface area contributed by atoms with E-state index in [1.54, 1.807) is 32.7 Å². The van der Waals surface area contributed by atoms with Gasteiger partial charge in [0.25, 0.3) is 0 Å². The molecule has 1 saturated heterocycles. The first-order chi connectivity index (χ1) is 16.0. The van der Waals surface area contributed by atoms with Crippen LogP contribution >= 0.6 is 0 Å². The monoisotopic (exact) mass is 449 g/mol. The smallest absolute Gasteiger partial charge is 0.250 e. The van der Waals surface area contributed by atoms with E-state index in [0.29, 0.717) is 25.3 Å². The molecule has 0 saturated carbocycles. The zero-order valence-electron chi connectivity index (χ0n) is 19.1. The van der Waals surface area contributed by atoms with Gasteiger partial charge in [0.15, 0.2) is 0 Å². The molecule has 6 nitrogen and oxygen atoms in total. The summed E-state index contributed by atoms with van der Waals surface area (Å²) in [6, 6.07) is 11.8. The van der Waals surface area contributed by atoms with Crippen molar-refractivity contribution in [1.82, 2.24) is 14.5 Å². The maximum atomic E-state index is 13.4. The van der Waals surface area contributed by atoms with Crippen molar-refractivity contribution in [3.8, 4) is 11.4 Å². The second-order valence-corrected chi connectivity index (χ2v) is 8.15. The van der Waals surface area contributed by atoms with Gasteiger partial charge in [0, 0.05) is 25.4 Å². The van der Waals surface area contributed by atoms with Crippen molar-refractivity contribution in [1.29, 1.82) is 0 Å². The number of piperidine rings is 1. The van der Waals surface area contributed by atoms with Gasteiger partial charge in [-0.1, -0.05) is 18.2 Å². The molecule has 0 spiro atoms. The van der Waals surface area contributed by atoms with Gasteiger partial charge in [-0.3, -0.25) is 4.79 Å². The fourth-order valence-corrected chi connectivity index (χ4v) is 4.22. The third-order valence-corrected chi connectivity index (χ3v) is 5.87. The van der Waals surface area contributed by atoms with Crippen LogP contribution in [0.25, 0.3) is 11.8 Å². The van der Waals surface area contributed by atoms with Crippen LogP contribution in [0.2, 0.25) is 0 Å². The second-order valence-electron chi connectivity index (χ2n) is 8.15. The van der Waals surface area contributed by atoms with Crippen molar-refractivity contribution >= 4 is 12.0 Å². The molecular weight excluding hydrogens is 421 g/mol. The number of amides is 1. The van der Waals surface area contributed by atoms with Crippen LogP contribution in [0.3, 0.4) is 0 Å². The number of hydrogen-bond acceptors (Lipinski definition) is 4. The zero-order valence-corrected chi connectivity index (χ0v) is 19.1. The standard InChI is InChI=1S/C26H28FN3O3/c1-18-15-29(17-28-18)23-11-6-19(14-25(23)33-3)13-21-5-4-12-30(26(21)31)24(16-32-2)20-7-9-22(27)10-8-20/h6-11,13-15,17,24H,4-5,12,16H2,1-3H3/t24-/m0/s1. The summed E-state index contributed by atoms with van der Waals surface area (Å²) in [6.07, 6.45) is 7.16. The number of ether oxygens (including phenoxy) is 2. The Kier molecular flexibility index (Phi) is 6.89. The highest BCUT2D eigenvalue weighted by Crippen LogP contribution is 2.31. The molecule has 0 N–H and O–H groups in total. The van der Waals surface area contributed by atoms with Crippen LogP contribution in [0.5, 0.6) is 5.75 Å². The first-order valence-electron chi connectivity index (χ1n) is 10.9. The van der Waals surface area contributed by atoms with Gasteiger partial charge in [0.05, 0.1) is 37.5 Å². The van der Waals surface area contributed by atoms with E-state index in [2.05, 4.69) is 4.98 Å². The van der Waals surface area contributed by atoms with E-state index in [-0.39, 0.29) is 17.8 Å². The first-order valence-corrected chi connectivity index (χ1v) is 10.9. The number of likely N-dealkylation sites (tertiary alicyclic amines) is 1. The summed E-state index contributed by atoms with van der Waals surface area (Å²) in [5.41, 5.74) is 4.28. The molecule has 4 rings (SSSR count). The number of aromatic nitrogens is 2. The molecule has 172 valence electrons. The Hall–Kier alpha value is -3.45. The van der Waals surface area contributed by atoms with Gasteiger partial charge in [-0.05, 0) is 61.2 Å². The lowest BCUT2D eigenvalue weighted by molar-refractivity contribution is -0.132. The van der Waals surface area contributed by atoms with Crippen molar-refractivity contribution < 1.29 is 18.7 Å². The summed E-state index contributed by atoms with van der Waals surface area (Å²) >= 11 is 0. The highest BCUT2D eigenvalue weighted by molar-refractivity contribution is 5.98. The molecule has 0 radical (unpaired) electrons. The Morgan fingerprint density at radius 2 is 1.97 bits per heavy atom. The Morgan fingerprint density at radius 3 is 2.64 bits per heavy atom. The summed E-state index contributed by atoms with van der Waals surface area (Å²) in [5, 5.41) is 0. The molecule has 1 aliphatic rings. The minimum Gasteiger partial charge on any atom is -0.495 e. The highest BCUT2D eigenvalue weighted by Gasteiger charge is 2.30. The normalized spacial score (nSPS) is 16.3. The van der Waals surface area contributed by atoms with Gasteiger partial charge in [-0.2, -0.15) is 0 Å². The van der Waals surface area contributed by atoms with E-state index in [1.807, 2.05) is 46.9 Å². The van der Waals surface area contributed by atoms with Gasteiger partial charge < -0.3 is 18.9 Å². The lowest BCUT2D eigenvalue weighted by atomic mass is 9.97. The molecular formula is C26H28FN3O3. The summed E-state index contributed by atoms with van der Waals surface area (Å²) in [5.74, 6) is 0.370. The van der Waals surface area contributed by atoms with E-state index in [4.69, 9.17) is 9.47 Å². The number of nitrogens with zero attached hydrogens (tertiary/aromatic N) is 3. The van der Waals surface area contributed by atoms with E-state index in [1.165, 1.54) is 12.1 Å². The summed E-state index contributed by atoms with van der Waals surface area (Å²) in [4.78, 5) is 19.5. The van der Waals surface area contributed by atoms with Crippen molar-refractivity contribution in [3.05, 3.63) is 83.2 Å². The molecule has 1 aliphatic heterocycles. The molecule has 0 unspecified atom stereocenters. The number of benzene rings is 2. The van der Waals surface area contributed by atoms with Crippen molar-refractivity contribution in [2.75, 3.05) is 27.4 Å². The minimum absolute atomic E-state index is 0.0269. The third-order valence-electron chi connectivity index (χ3n) is 5.87. The average Bonchev–Trinajstić information content (AvgIpc) is 3.26. The number of rotatable bonds is 7. The fraction of sp³-hybridized carbons (Fsp3) is 0.308. The van der Waals surface area contributed by atoms with Crippen LogP contribution in [0.1, 0.15) is 35.7 Å². The van der Waals surface area contributed by atoms with Crippen LogP contribution in [-0.2, 0) is 9.53 Å².